The number of nitrogens with zero attached hydrogens (tertiary/aromatic N) is 2. The molecule has 1 heterocycles. The van der Waals surface area contributed by atoms with E-state index in [4.69, 9.17) is 9.47 Å². The van der Waals surface area contributed by atoms with Crippen LogP contribution in [0, 0.1) is 5.82 Å². The number of hydrogen-bond donors (Lipinski definition) is 0. The fourth-order valence-electron chi connectivity index (χ4n) is 2.66. The Hall–Kier alpha value is -3.00. The van der Waals surface area contributed by atoms with E-state index in [2.05, 4.69) is 4.99 Å². The lowest BCUT2D eigenvalue weighted by Gasteiger charge is -2.06. The van der Waals surface area contributed by atoms with Gasteiger partial charge in [0.2, 0.25) is 0 Å². The van der Waals surface area contributed by atoms with Crippen LogP contribution in [-0.4, -0.2) is 29.7 Å². The van der Waals surface area contributed by atoms with Gasteiger partial charge >= 0.3 is 5.97 Å². The predicted octanol–water partition coefficient (Wildman–Crippen LogP) is 3.54. The van der Waals surface area contributed by atoms with Crippen LogP contribution >= 0.6 is 11.3 Å². The molecule has 8 heteroatoms. The SMILES string of the molecule is CCOC(=O)Cn1c(=NC(=O)c2cccc(F)c2)sc2cc(OCC)ccc21. The summed E-state index contributed by atoms with van der Waals surface area (Å²) in [5.41, 5.74) is 0.863. The second kappa shape index (κ2) is 8.79. The van der Waals surface area contributed by atoms with Gasteiger partial charge in [-0.05, 0) is 50.2 Å². The van der Waals surface area contributed by atoms with E-state index >= 15 is 0 Å². The number of hydrogen-bond acceptors (Lipinski definition) is 5. The number of carbonyl (C=O) groups is 2. The number of aromatic nitrogens is 1. The molecule has 0 N–H and O–H groups in total. The summed E-state index contributed by atoms with van der Waals surface area (Å²) in [5.74, 6) is -0.856. The molecule has 0 saturated carbocycles. The molecule has 6 nitrogen and oxygen atoms in total. The molecule has 0 radical (unpaired) electrons. The molecule has 0 atom stereocenters. The molecule has 0 bridgehead atoms. The minimum Gasteiger partial charge on any atom is -0.494 e. The van der Waals surface area contributed by atoms with Gasteiger partial charge < -0.3 is 14.0 Å². The number of thiazole rings is 1. The number of halogens is 1. The second-order valence-corrected chi connectivity index (χ2v) is 6.77. The summed E-state index contributed by atoms with van der Waals surface area (Å²) >= 11 is 1.25. The maximum Gasteiger partial charge on any atom is 0.326 e. The quantitative estimate of drug-likeness (QED) is 0.592. The van der Waals surface area contributed by atoms with E-state index in [1.165, 1.54) is 29.5 Å². The summed E-state index contributed by atoms with van der Waals surface area (Å²) in [6.07, 6.45) is 0. The topological polar surface area (TPSA) is 69.9 Å². The van der Waals surface area contributed by atoms with E-state index < -0.39 is 17.7 Å². The highest BCUT2D eigenvalue weighted by Gasteiger charge is 2.14. The molecule has 0 aliphatic rings. The van der Waals surface area contributed by atoms with Crippen LogP contribution in [0.3, 0.4) is 0 Å². The van der Waals surface area contributed by atoms with Crippen molar-refractivity contribution in [1.29, 1.82) is 0 Å². The Morgan fingerprint density at radius 1 is 1.14 bits per heavy atom. The van der Waals surface area contributed by atoms with E-state index in [0.717, 1.165) is 16.3 Å². The molecule has 0 spiro atoms. The second-order valence-electron chi connectivity index (χ2n) is 5.77. The first kappa shape index (κ1) is 19.8. The van der Waals surface area contributed by atoms with Crippen molar-refractivity contribution in [3.63, 3.8) is 0 Å². The Morgan fingerprint density at radius 2 is 1.96 bits per heavy atom. The van der Waals surface area contributed by atoms with Crippen LogP contribution in [0.25, 0.3) is 10.2 Å². The molecular formula is C20H19FN2O4S. The number of benzene rings is 2. The zero-order valence-corrected chi connectivity index (χ0v) is 16.3. The van der Waals surface area contributed by atoms with Crippen LogP contribution in [0.4, 0.5) is 4.39 Å². The first-order valence-corrected chi connectivity index (χ1v) is 9.60. The highest BCUT2D eigenvalue weighted by molar-refractivity contribution is 7.16. The standard InChI is InChI=1S/C20H19FN2O4S/c1-3-26-15-8-9-16-17(11-15)28-20(23(16)12-18(24)27-4-2)22-19(25)13-6-5-7-14(21)10-13/h5-11H,3-4,12H2,1-2H3. The molecule has 0 aliphatic carbocycles. The van der Waals surface area contributed by atoms with Crippen molar-refractivity contribution in [2.24, 2.45) is 4.99 Å². The lowest BCUT2D eigenvalue weighted by Crippen LogP contribution is -2.23. The molecule has 0 unspecified atom stereocenters. The highest BCUT2D eigenvalue weighted by atomic mass is 32.1. The van der Waals surface area contributed by atoms with Gasteiger partial charge in [-0.25, -0.2) is 4.39 Å². The molecule has 0 aliphatic heterocycles. The van der Waals surface area contributed by atoms with Crippen molar-refractivity contribution >= 4 is 33.4 Å². The highest BCUT2D eigenvalue weighted by Crippen LogP contribution is 2.23. The summed E-state index contributed by atoms with van der Waals surface area (Å²) in [6, 6.07) is 10.8. The van der Waals surface area contributed by atoms with Crippen LogP contribution in [0.2, 0.25) is 0 Å². The van der Waals surface area contributed by atoms with Crippen molar-refractivity contribution in [3.05, 3.63) is 58.6 Å². The smallest absolute Gasteiger partial charge is 0.326 e. The third kappa shape index (κ3) is 4.45. The van der Waals surface area contributed by atoms with Gasteiger partial charge in [0.25, 0.3) is 5.91 Å². The third-order valence-electron chi connectivity index (χ3n) is 3.83. The van der Waals surface area contributed by atoms with Gasteiger partial charge in [0, 0.05) is 5.56 Å². The molecule has 0 fully saturated rings. The maximum atomic E-state index is 13.4. The lowest BCUT2D eigenvalue weighted by atomic mass is 10.2. The number of rotatable bonds is 6. The molecule has 3 aromatic rings. The normalized spacial score (nSPS) is 11.6. The fraction of sp³-hybridized carbons (Fsp3) is 0.250. The minimum absolute atomic E-state index is 0.0862. The Morgan fingerprint density at radius 3 is 2.68 bits per heavy atom. The van der Waals surface area contributed by atoms with E-state index in [1.54, 1.807) is 17.6 Å². The number of esters is 1. The van der Waals surface area contributed by atoms with Crippen molar-refractivity contribution < 1.29 is 23.5 Å². The number of ether oxygens (including phenoxy) is 2. The number of amides is 1. The summed E-state index contributed by atoms with van der Waals surface area (Å²) in [6.45, 7) is 4.30. The van der Waals surface area contributed by atoms with Crippen LogP contribution in [0.15, 0.2) is 47.5 Å². The predicted molar refractivity (Wildman–Crippen MR) is 104 cm³/mol. The van der Waals surface area contributed by atoms with Crippen LogP contribution < -0.4 is 9.54 Å². The molecule has 1 aromatic heterocycles. The summed E-state index contributed by atoms with van der Waals surface area (Å²) < 4.78 is 26.4. The van der Waals surface area contributed by atoms with Crippen molar-refractivity contribution in [1.82, 2.24) is 4.57 Å². The average molecular weight is 402 g/mol. The van der Waals surface area contributed by atoms with Crippen molar-refractivity contribution in [3.8, 4) is 5.75 Å². The lowest BCUT2D eigenvalue weighted by molar-refractivity contribution is -0.143. The van der Waals surface area contributed by atoms with Crippen LogP contribution in [0.5, 0.6) is 5.75 Å². The molecule has 0 saturated heterocycles. The summed E-state index contributed by atoms with van der Waals surface area (Å²) in [5, 5.41) is 0. The molecule has 2 aromatic carbocycles. The van der Waals surface area contributed by atoms with E-state index in [-0.39, 0.29) is 18.7 Å². The van der Waals surface area contributed by atoms with Gasteiger partial charge in [-0.1, -0.05) is 17.4 Å². The van der Waals surface area contributed by atoms with Gasteiger partial charge in [0.15, 0.2) is 4.80 Å². The Balaban J connectivity index is 2.10. The largest absolute Gasteiger partial charge is 0.494 e. The molecule has 3 rings (SSSR count). The zero-order valence-electron chi connectivity index (χ0n) is 15.5. The van der Waals surface area contributed by atoms with Gasteiger partial charge in [-0.15, -0.1) is 0 Å². The Bertz CT molecular complexity index is 1090. The number of carbonyl (C=O) groups excluding carboxylic acids is 2. The van der Waals surface area contributed by atoms with Gasteiger partial charge in [0.1, 0.15) is 18.1 Å². The zero-order chi connectivity index (χ0) is 20.1. The fourth-order valence-corrected chi connectivity index (χ4v) is 3.71. The van der Waals surface area contributed by atoms with Crippen LogP contribution in [-0.2, 0) is 16.1 Å². The maximum absolute atomic E-state index is 13.4. The molecular weight excluding hydrogens is 383 g/mol. The van der Waals surface area contributed by atoms with Crippen molar-refractivity contribution in [2.75, 3.05) is 13.2 Å². The van der Waals surface area contributed by atoms with E-state index in [1.807, 2.05) is 19.1 Å². The molecule has 1 amide bonds. The minimum atomic E-state index is -0.589. The summed E-state index contributed by atoms with van der Waals surface area (Å²) in [4.78, 5) is 29.0. The van der Waals surface area contributed by atoms with Gasteiger partial charge in [-0.2, -0.15) is 4.99 Å². The first-order chi connectivity index (χ1) is 13.5. The summed E-state index contributed by atoms with van der Waals surface area (Å²) in [7, 11) is 0. The first-order valence-electron chi connectivity index (χ1n) is 8.78. The molecule has 146 valence electrons. The van der Waals surface area contributed by atoms with E-state index in [9.17, 15) is 14.0 Å². The van der Waals surface area contributed by atoms with Gasteiger partial charge in [0.05, 0.1) is 23.4 Å². The number of fused-ring (bicyclic) bond motifs is 1. The van der Waals surface area contributed by atoms with Crippen molar-refractivity contribution in [2.45, 2.75) is 20.4 Å². The van der Waals surface area contributed by atoms with Crippen LogP contribution in [0.1, 0.15) is 24.2 Å². The van der Waals surface area contributed by atoms with E-state index in [0.29, 0.717) is 17.2 Å². The Kier molecular flexibility index (Phi) is 6.20. The Labute approximate surface area is 164 Å². The monoisotopic (exact) mass is 402 g/mol. The van der Waals surface area contributed by atoms with Gasteiger partial charge in [-0.3, -0.25) is 9.59 Å². The third-order valence-corrected chi connectivity index (χ3v) is 4.87. The molecule has 28 heavy (non-hydrogen) atoms. The average Bonchev–Trinajstić information content (AvgIpc) is 2.98.